The number of ether oxygens (including phenoxy) is 1. The highest BCUT2D eigenvalue weighted by Gasteiger charge is 2.46. The van der Waals surface area contributed by atoms with E-state index in [4.69, 9.17) is 13.8 Å². The van der Waals surface area contributed by atoms with Crippen LogP contribution in [0.3, 0.4) is 0 Å². The van der Waals surface area contributed by atoms with Crippen molar-refractivity contribution in [1.82, 2.24) is 0 Å². The fourth-order valence-corrected chi connectivity index (χ4v) is 6.27. The molecule has 0 N–H and O–H groups in total. The van der Waals surface area contributed by atoms with E-state index >= 15 is 0 Å². The van der Waals surface area contributed by atoms with Gasteiger partial charge in [-0.1, -0.05) is 36.4 Å². The minimum Gasteiger partial charge on any atom is -0.497 e. The van der Waals surface area contributed by atoms with Gasteiger partial charge in [-0.05, 0) is 73.0 Å². The normalized spacial score (nSPS) is 15.7. The second-order valence-corrected chi connectivity index (χ2v) is 9.57. The Balaban J connectivity index is 2.01. The molecular formula is C26H27FNO4P. The zero-order valence-electron chi connectivity index (χ0n) is 18.9. The molecular weight excluding hydrogens is 440 g/mol. The molecule has 0 saturated carbocycles. The van der Waals surface area contributed by atoms with Gasteiger partial charge >= 0.3 is 7.60 Å². The molecule has 5 nitrogen and oxygen atoms in total. The first-order chi connectivity index (χ1) is 16.0. The second-order valence-electron chi connectivity index (χ2n) is 7.49. The van der Waals surface area contributed by atoms with Gasteiger partial charge in [0.25, 0.3) is 0 Å². The van der Waals surface area contributed by atoms with E-state index in [1.54, 1.807) is 27.0 Å². The van der Waals surface area contributed by atoms with Crippen LogP contribution in [-0.4, -0.2) is 20.3 Å². The predicted octanol–water partition coefficient (Wildman–Crippen LogP) is 7.12. The molecule has 0 aromatic heterocycles. The Kier molecular flexibility index (Phi) is 6.99. The van der Waals surface area contributed by atoms with Gasteiger partial charge in [0.15, 0.2) is 5.78 Å². The maximum Gasteiger partial charge on any atom is 0.357 e. The van der Waals surface area contributed by atoms with Gasteiger partial charge in [-0.2, -0.15) is 0 Å². The second kappa shape index (κ2) is 9.92. The molecule has 0 fully saturated rings. The molecule has 0 spiro atoms. The van der Waals surface area contributed by atoms with E-state index in [0.29, 0.717) is 11.3 Å². The zero-order chi connectivity index (χ0) is 23.4. The lowest BCUT2D eigenvalue weighted by atomic mass is 9.97. The predicted molar refractivity (Wildman–Crippen MR) is 130 cm³/mol. The summed E-state index contributed by atoms with van der Waals surface area (Å²) >= 11 is 0. The zero-order valence-corrected chi connectivity index (χ0v) is 19.8. The van der Waals surface area contributed by atoms with Gasteiger partial charge in [-0.25, -0.2) is 4.39 Å². The standard InChI is InChI=1S/C26H27FNO4P/c1-4-31-33(29,32-5-2)26-24-18-21(27)12-11-20(24)17-25(19-9-7-6-8-10-19)28(26)22-13-15-23(30-3)16-14-22/h6-18,26H,4-5H2,1-3H3. The highest BCUT2D eigenvalue weighted by Crippen LogP contribution is 2.66. The minimum absolute atomic E-state index is 0.194. The smallest absolute Gasteiger partial charge is 0.357 e. The SMILES string of the molecule is CCOP(=O)(OCC)C1c2cc(F)ccc2C=C(c2ccccc2)N1c1ccc(OC)cc1. The number of halogens is 1. The highest BCUT2D eigenvalue weighted by molar-refractivity contribution is 7.54. The van der Waals surface area contributed by atoms with Gasteiger partial charge in [-0.15, -0.1) is 0 Å². The summed E-state index contributed by atoms with van der Waals surface area (Å²) in [6, 6.07) is 21.8. The molecule has 1 unspecified atom stereocenters. The number of rotatable bonds is 8. The highest BCUT2D eigenvalue weighted by atomic mass is 31.2. The van der Waals surface area contributed by atoms with E-state index in [-0.39, 0.29) is 13.2 Å². The van der Waals surface area contributed by atoms with Crippen molar-refractivity contribution in [2.75, 3.05) is 25.2 Å². The molecule has 0 amide bonds. The van der Waals surface area contributed by atoms with Gasteiger partial charge < -0.3 is 18.7 Å². The Morgan fingerprint density at radius 1 is 0.939 bits per heavy atom. The Labute approximate surface area is 193 Å². The summed E-state index contributed by atoms with van der Waals surface area (Å²) < 4.78 is 45.6. The van der Waals surface area contributed by atoms with Crippen LogP contribution in [0.15, 0.2) is 72.8 Å². The first-order valence-corrected chi connectivity index (χ1v) is 12.5. The third-order valence-corrected chi connectivity index (χ3v) is 7.81. The number of anilines is 1. The van der Waals surface area contributed by atoms with Crippen LogP contribution in [0.2, 0.25) is 0 Å². The van der Waals surface area contributed by atoms with Crippen LogP contribution in [-0.2, 0) is 13.6 Å². The molecule has 7 heteroatoms. The van der Waals surface area contributed by atoms with E-state index in [1.165, 1.54) is 12.1 Å². The van der Waals surface area contributed by atoms with Gasteiger partial charge in [0, 0.05) is 5.69 Å². The summed E-state index contributed by atoms with van der Waals surface area (Å²) in [6.45, 7) is 3.93. The number of hydrogen-bond donors (Lipinski definition) is 0. The Morgan fingerprint density at radius 3 is 2.21 bits per heavy atom. The molecule has 33 heavy (non-hydrogen) atoms. The van der Waals surface area contributed by atoms with E-state index in [2.05, 4.69) is 0 Å². The van der Waals surface area contributed by atoms with Crippen molar-refractivity contribution in [3.63, 3.8) is 0 Å². The molecule has 3 aromatic rings. The van der Waals surface area contributed by atoms with Crippen molar-refractivity contribution < 1.29 is 22.7 Å². The molecule has 3 aromatic carbocycles. The van der Waals surface area contributed by atoms with Crippen molar-refractivity contribution in [2.45, 2.75) is 19.6 Å². The molecule has 1 aliphatic rings. The van der Waals surface area contributed by atoms with Crippen molar-refractivity contribution in [3.8, 4) is 5.75 Å². The van der Waals surface area contributed by atoms with Gasteiger partial charge in [0.1, 0.15) is 11.6 Å². The van der Waals surface area contributed by atoms with E-state index in [9.17, 15) is 8.96 Å². The first-order valence-electron chi connectivity index (χ1n) is 10.9. The minimum atomic E-state index is -3.76. The Morgan fingerprint density at radius 2 is 1.61 bits per heavy atom. The third-order valence-electron chi connectivity index (χ3n) is 5.46. The van der Waals surface area contributed by atoms with Crippen LogP contribution in [0.25, 0.3) is 11.8 Å². The van der Waals surface area contributed by atoms with Crippen molar-refractivity contribution in [1.29, 1.82) is 0 Å². The van der Waals surface area contributed by atoms with E-state index in [0.717, 1.165) is 22.5 Å². The summed E-state index contributed by atoms with van der Waals surface area (Å²) in [5, 5.41) is 0. The number of hydrogen-bond acceptors (Lipinski definition) is 5. The molecule has 0 aliphatic carbocycles. The van der Waals surface area contributed by atoms with Crippen molar-refractivity contribution >= 4 is 25.1 Å². The van der Waals surface area contributed by atoms with Gasteiger partial charge in [-0.3, -0.25) is 4.57 Å². The maximum atomic E-state index is 14.4. The molecule has 0 radical (unpaired) electrons. The van der Waals surface area contributed by atoms with Crippen LogP contribution in [0.4, 0.5) is 10.1 Å². The molecule has 0 bridgehead atoms. The van der Waals surface area contributed by atoms with Crippen LogP contribution in [0.1, 0.15) is 36.3 Å². The van der Waals surface area contributed by atoms with Crippen LogP contribution < -0.4 is 9.64 Å². The molecule has 1 aliphatic heterocycles. The van der Waals surface area contributed by atoms with Crippen molar-refractivity contribution in [2.24, 2.45) is 0 Å². The maximum absolute atomic E-state index is 14.4. The van der Waals surface area contributed by atoms with E-state index < -0.39 is 19.2 Å². The molecule has 172 valence electrons. The lowest BCUT2D eigenvalue weighted by molar-refractivity contribution is 0.212. The fraction of sp³-hybridized carbons (Fsp3) is 0.231. The van der Waals surface area contributed by atoms with Crippen molar-refractivity contribution in [3.05, 3.63) is 95.3 Å². The lowest BCUT2D eigenvalue weighted by Gasteiger charge is -2.42. The summed E-state index contributed by atoms with van der Waals surface area (Å²) in [6.07, 6.45) is 1.98. The topological polar surface area (TPSA) is 48.0 Å². The number of nitrogens with zero attached hydrogens (tertiary/aromatic N) is 1. The monoisotopic (exact) mass is 467 g/mol. The Hall–Kier alpha value is -2.92. The van der Waals surface area contributed by atoms with Crippen LogP contribution in [0, 0.1) is 5.82 Å². The Bertz CT molecular complexity index is 1170. The summed E-state index contributed by atoms with van der Waals surface area (Å²) in [5.74, 6) is -0.594. The quantitative estimate of drug-likeness (QED) is 0.330. The molecule has 0 saturated heterocycles. The average Bonchev–Trinajstić information content (AvgIpc) is 2.83. The fourth-order valence-electron chi connectivity index (χ4n) is 4.09. The number of fused-ring (bicyclic) bond motifs is 1. The summed E-state index contributed by atoms with van der Waals surface area (Å²) in [7, 11) is -2.16. The lowest BCUT2D eigenvalue weighted by Crippen LogP contribution is -2.32. The molecule has 1 heterocycles. The van der Waals surface area contributed by atoms with Gasteiger partial charge in [0.2, 0.25) is 0 Å². The summed E-state index contributed by atoms with van der Waals surface area (Å²) in [5.41, 5.74) is 3.81. The molecule has 4 rings (SSSR count). The molecule has 1 atom stereocenters. The summed E-state index contributed by atoms with van der Waals surface area (Å²) in [4.78, 5) is 1.92. The third kappa shape index (κ3) is 4.60. The number of methoxy groups -OCH3 is 1. The first kappa shape index (κ1) is 23.2. The number of benzene rings is 3. The van der Waals surface area contributed by atoms with Gasteiger partial charge in [0.05, 0.1) is 26.0 Å². The van der Waals surface area contributed by atoms with Crippen LogP contribution >= 0.6 is 7.60 Å². The van der Waals surface area contributed by atoms with Crippen LogP contribution in [0.5, 0.6) is 5.75 Å². The largest absolute Gasteiger partial charge is 0.497 e. The average molecular weight is 467 g/mol. The van der Waals surface area contributed by atoms with E-state index in [1.807, 2.05) is 65.6 Å².